The summed E-state index contributed by atoms with van der Waals surface area (Å²) in [5.41, 5.74) is 21.2. The molecule has 6 aromatic carbocycles. The molecule has 58 heavy (non-hydrogen) atoms. The Hall–Kier alpha value is -5.48. The van der Waals surface area contributed by atoms with E-state index in [2.05, 4.69) is 170 Å². The summed E-state index contributed by atoms with van der Waals surface area (Å²) in [5, 5.41) is 9.23. The minimum atomic E-state index is -0.0500. The second kappa shape index (κ2) is 13.0. The van der Waals surface area contributed by atoms with Gasteiger partial charge in [0, 0.05) is 26.1 Å². The molecule has 4 aliphatic carbocycles. The average Bonchev–Trinajstić information content (AvgIpc) is 3.86. The van der Waals surface area contributed by atoms with E-state index in [1.165, 1.54) is 120 Å². The maximum Gasteiger partial charge on any atom is 0.104 e. The summed E-state index contributed by atoms with van der Waals surface area (Å²) < 4.78 is 1.38. The van der Waals surface area contributed by atoms with E-state index in [0.29, 0.717) is 0 Å². The molecule has 2 N–H and O–H groups in total. The summed E-state index contributed by atoms with van der Waals surface area (Å²) in [6.45, 7) is 4.88. The van der Waals surface area contributed by atoms with Gasteiger partial charge in [-0.05, 0) is 145 Å². The fraction of sp³-hybridized carbons (Fsp3) is 0.236. The van der Waals surface area contributed by atoms with Gasteiger partial charge in [0.2, 0.25) is 0 Å². The summed E-state index contributed by atoms with van der Waals surface area (Å²) in [5.74, 6) is 0. The highest BCUT2D eigenvalue weighted by atomic mass is 32.1. The number of rotatable bonds is 4. The Balaban J connectivity index is 0.929. The predicted molar refractivity (Wildman–Crippen MR) is 244 cm³/mol. The quantitative estimate of drug-likeness (QED) is 0.186. The van der Waals surface area contributed by atoms with E-state index in [1.807, 2.05) is 11.3 Å². The van der Waals surface area contributed by atoms with Crippen molar-refractivity contribution in [2.75, 3.05) is 0 Å². The molecular weight excluding hydrogens is 721 g/mol. The summed E-state index contributed by atoms with van der Waals surface area (Å²) in [6, 6.07) is 50.9. The number of hydrogen-bond donors (Lipinski definition) is 2. The first-order chi connectivity index (χ1) is 28.5. The Bertz CT molecular complexity index is 2850. The molecule has 284 valence electrons. The number of allylic oxidation sites excluding steroid dienone is 1. The number of hydrogen-bond acceptors (Lipinski definition) is 3. The van der Waals surface area contributed by atoms with Gasteiger partial charge in [-0.1, -0.05) is 142 Å². The van der Waals surface area contributed by atoms with E-state index in [4.69, 9.17) is 0 Å². The van der Waals surface area contributed by atoms with E-state index >= 15 is 0 Å². The van der Waals surface area contributed by atoms with E-state index in [-0.39, 0.29) is 23.0 Å². The highest BCUT2D eigenvalue weighted by molar-refractivity contribution is 7.20. The maximum absolute atomic E-state index is 3.99. The zero-order valence-electron chi connectivity index (χ0n) is 33.4. The number of benzene rings is 6. The Morgan fingerprint density at radius 3 is 2.16 bits per heavy atom. The lowest BCUT2D eigenvalue weighted by Crippen LogP contribution is -2.44. The summed E-state index contributed by atoms with van der Waals surface area (Å²) in [6.07, 6.45) is 13.6. The topological polar surface area (TPSA) is 24.1 Å². The van der Waals surface area contributed by atoms with Crippen LogP contribution in [0.3, 0.4) is 0 Å². The number of thiophene rings is 1. The van der Waals surface area contributed by atoms with Gasteiger partial charge in [0.25, 0.3) is 0 Å². The molecule has 2 atom stereocenters. The first kappa shape index (κ1) is 34.6. The van der Waals surface area contributed by atoms with Crippen LogP contribution in [-0.4, -0.2) is 6.04 Å². The monoisotopic (exact) mass is 768 g/mol. The van der Waals surface area contributed by atoms with Gasteiger partial charge in [-0.25, -0.2) is 0 Å². The Labute approximate surface area is 346 Å². The number of aryl methyl sites for hydroxylation is 1. The lowest BCUT2D eigenvalue weighted by molar-refractivity contribution is 0.353. The van der Waals surface area contributed by atoms with Crippen LogP contribution >= 0.6 is 11.3 Å². The van der Waals surface area contributed by atoms with Crippen molar-refractivity contribution in [2.45, 2.75) is 81.8 Å². The molecule has 1 fully saturated rings. The molecule has 2 heterocycles. The third-order valence-electron chi connectivity index (χ3n) is 14.4. The number of fused-ring (bicyclic) bond motifs is 11. The summed E-state index contributed by atoms with van der Waals surface area (Å²) >= 11 is 1.97. The van der Waals surface area contributed by atoms with E-state index in [9.17, 15) is 0 Å². The SMILES string of the molecule is CC1(C)c2ccc(-c3ccc4sc5c(c4c3)CCC=C5C3C=C(c4ccccc4)NC(c4ccccc4)N3)cc2-c2cc3c(cc21)-c1ccccc1C31CCCCC1. The standard InChI is InChI=1S/C55H48N2S/c1-54(2)45-25-23-36(29-41(45)43-32-48-42(31-47(43)54)38-19-10-11-22-46(38)55(48)27-12-5-13-28-55)37-24-26-51-44(30-37)39-20-14-21-40(52(39)58-51)50-33-49(34-15-6-3-7-16-34)56-53(57-50)35-17-8-4-9-18-35/h3-4,6-11,15-19,21-26,29-33,50,53,56-57H,5,12-14,20,27-28H2,1-2H3. The molecule has 1 spiro atoms. The molecule has 0 saturated heterocycles. The third-order valence-corrected chi connectivity index (χ3v) is 15.7. The smallest absolute Gasteiger partial charge is 0.104 e. The van der Waals surface area contributed by atoms with E-state index in [1.54, 1.807) is 11.1 Å². The first-order valence-electron chi connectivity index (χ1n) is 21.5. The van der Waals surface area contributed by atoms with Crippen molar-refractivity contribution in [3.8, 4) is 33.4 Å². The molecule has 2 unspecified atom stereocenters. The van der Waals surface area contributed by atoms with Gasteiger partial charge in [0.15, 0.2) is 0 Å². The van der Waals surface area contributed by atoms with Crippen LogP contribution in [-0.2, 0) is 17.3 Å². The molecule has 1 aromatic heterocycles. The van der Waals surface area contributed by atoms with Crippen LogP contribution in [0.2, 0.25) is 0 Å². The molecule has 7 aromatic rings. The van der Waals surface area contributed by atoms with Crippen molar-refractivity contribution < 1.29 is 0 Å². The predicted octanol–water partition coefficient (Wildman–Crippen LogP) is 13.7. The Morgan fingerprint density at radius 1 is 0.603 bits per heavy atom. The second-order valence-electron chi connectivity index (χ2n) is 17.9. The zero-order chi connectivity index (χ0) is 38.6. The van der Waals surface area contributed by atoms with Crippen molar-refractivity contribution in [2.24, 2.45) is 0 Å². The van der Waals surface area contributed by atoms with Gasteiger partial charge < -0.3 is 5.32 Å². The average molecular weight is 769 g/mol. The molecule has 5 aliphatic rings. The fourth-order valence-electron chi connectivity index (χ4n) is 11.6. The zero-order valence-corrected chi connectivity index (χ0v) is 34.2. The van der Waals surface area contributed by atoms with Gasteiger partial charge in [-0.15, -0.1) is 11.3 Å². The molecule has 12 rings (SSSR count). The molecule has 2 nitrogen and oxygen atoms in total. The minimum Gasteiger partial charge on any atom is -0.366 e. The van der Waals surface area contributed by atoms with Crippen LogP contribution in [0.15, 0.2) is 146 Å². The van der Waals surface area contributed by atoms with Crippen molar-refractivity contribution in [3.05, 3.63) is 189 Å². The van der Waals surface area contributed by atoms with Gasteiger partial charge in [-0.3, -0.25) is 5.32 Å². The maximum atomic E-state index is 3.99. The molecule has 3 heteroatoms. The lowest BCUT2D eigenvalue weighted by atomic mass is 9.67. The van der Waals surface area contributed by atoms with Crippen LogP contribution < -0.4 is 10.6 Å². The highest BCUT2D eigenvalue weighted by Crippen LogP contribution is 2.60. The molecule has 1 aliphatic heterocycles. The fourth-order valence-corrected chi connectivity index (χ4v) is 12.9. The normalized spacial score (nSPS) is 20.7. The van der Waals surface area contributed by atoms with Crippen LogP contribution in [0.5, 0.6) is 0 Å². The van der Waals surface area contributed by atoms with Gasteiger partial charge in [0.05, 0.1) is 6.04 Å². The number of nitrogens with one attached hydrogen (secondary N) is 2. The Morgan fingerprint density at radius 2 is 1.31 bits per heavy atom. The molecule has 0 bridgehead atoms. The van der Waals surface area contributed by atoms with Crippen LogP contribution in [0.1, 0.15) is 102 Å². The largest absolute Gasteiger partial charge is 0.366 e. The van der Waals surface area contributed by atoms with E-state index < -0.39 is 0 Å². The highest BCUT2D eigenvalue weighted by Gasteiger charge is 2.46. The molecule has 0 amide bonds. The second-order valence-corrected chi connectivity index (χ2v) is 19.0. The van der Waals surface area contributed by atoms with Crippen molar-refractivity contribution in [3.63, 3.8) is 0 Å². The van der Waals surface area contributed by atoms with Crippen molar-refractivity contribution >= 4 is 32.7 Å². The van der Waals surface area contributed by atoms with Crippen molar-refractivity contribution in [1.29, 1.82) is 0 Å². The van der Waals surface area contributed by atoms with Gasteiger partial charge in [-0.2, -0.15) is 0 Å². The first-order valence-corrected chi connectivity index (χ1v) is 22.3. The van der Waals surface area contributed by atoms with Gasteiger partial charge >= 0.3 is 0 Å². The van der Waals surface area contributed by atoms with E-state index in [0.717, 1.165) is 12.8 Å². The van der Waals surface area contributed by atoms with Crippen LogP contribution in [0, 0.1) is 0 Å². The van der Waals surface area contributed by atoms with Gasteiger partial charge in [0.1, 0.15) is 6.17 Å². The molecule has 1 saturated carbocycles. The van der Waals surface area contributed by atoms with Crippen LogP contribution in [0.25, 0.3) is 54.7 Å². The third kappa shape index (κ3) is 5.12. The Kier molecular flexibility index (Phi) is 7.75. The lowest BCUT2D eigenvalue weighted by Gasteiger charge is -2.36. The summed E-state index contributed by atoms with van der Waals surface area (Å²) in [4.78, 5) is 1.43. The molecule has 0 radical (unpaired) electrons. The van der Waals surface area contributed by atoms with Crippen LogP contribution in [0.4, 0.5) is 0 Å². The minimum absolute atomic E-state index is 0.0122. The van der Waals surface area contributed by atoms with Crippen molar-refractivity contribution in [1.82, 2.24) is 10.6 Å². The molecular formula is C55H48N2S. The summed E-state index contributed by atoms with van der Waals surface area (Å²) in [7, 11) is 0.